The fourth-order valence-electron chi connectivity index (χ4n) is 3.12. The summed E-state index contributed by atoms with van der Waals surface area (Å²) in [6.45, 7) is 9.33. The van der Waals surface area contributed by atoms with Gasteiger partial charge in [0.15, 0.2) is 0 Å². The second kappa shape index (κ2) is 8.13. The van der Waals surface area contributed by atoms with Gasteiger partial charge in [0.2, 0.25) is 0 Å². The first kappa shape index (κ1) is 16.7. The average molecular weight is 305 g/mol. The van der Waals surface area contributed by atoms with Crippen molar-refractivity contribution in [3.63, 3.8) is 0 Å². The van der Waals surface area contributed by atoms with Crippen molar-refractivity contribution in [2.75, 3.05) is 31.1 Å². The minimum Gasteiger partial charge on any atom is -0.370 e. The van der Waals surface area contributed by atoms with Crippen LogP contribution in [0.15, 0.2) is 18.2 Å². The summed E-state index contributed by atoms with van der Waals surface area (Å²) in [6, 6.07) is 5.34. The van der Waals surface area contributed by atoms with Crippen LogP contribution in [0.4, 0.5) is 11.4 Å². The van der Waals surface area contributed by atoms with Gasteiger partial charge in [-0.3, -0.25) is 15.0 Å². The predicted octanol–water partition coefficient (Wildman–Crippen LogP) is 3.82. The molecule has 0 aliphatic carbocycles. The number of nitrogens with zero attached hydrogens (tertiary/aromatic N) is 3. The summed E-state index contributed by atoms with van der Waals surface area (Å²) >= 11 is 0. The zero-order valence-corrected chi connectivity index (χ0v) is 13.8. The first-order valence-corrected chi connectivity index (χ1v) is 8.40. The van der Waals surface area contributed by atoms with Crippen LogP contribution in [0.5, 0.6) is 0 Å². The van der Waals surface area contributed by atoms with Gasteiger partial charge in [0.1, 0.15) is 0 Å². The lowest BCUT2D eigenvalue weighted by Gasteiger charge is -2.24. The molecule has 1 aromatic carbocycles. The third kappa shape index (κ3) is 4.19. The van der Waals surface area contributed by atoms with Crippen LogP contribution >= 0.6 is 0 Å². The van der Waals surface area contributed by atoms with Crippen molar-refractivity contribution in [2.24, 2.45) is 0 Å². The van der Waals surface area contributed by atoms with E-state index in [0.717, 1.165) is 44.7 Å². The minimum absolute atomic E-state index is 0.200. The molecule has 22 heavy (non-hydrogen) atoms. The molecule has 0 saturated heterocycles. The number of nitro benzene ring substituents is 1. The van der Waals surface area contributed by atoms with Gasteiger partial charge in [-0.2, -0.15) is 0 Å². The second-order valence-electron chi connectivity index (χ2n) is 6.04. The van der Waals surface area contributed by atoms with E-state index in [1.165, 1.54) is 24.9 Å². The first-order chi connectivity index (χ1) is 10.7. The van der Waals surface area contributed by atoms with E-state index in [0.29, 0.717) is 0 Å². The van der Waals surface area contributed by atoms with Crippen molar-refractivity contribution in [3.05, 3.63) is 33.9 Å². The summed E-state index contributed by atoms with van der Waals surface area (Å²) in [5.74, 6) is 0. The van der Waals surface area contributed by atoms with Crippen molar-refractivity contribution in [1.29, 1.82) is 0 Å². The quantitative estimate of drug-likeness (QED) is 0.436. The number of non-ortho nitro benzene ring substituents is 1. The van der Waals surface area contributed by atoms with Gasteiger partial charge in [0.25, 0.3) is 5.69 Å². The summed E-state index contributed by atoms with van der Waals surface area (Å²) in [5.41, 5.74) is 2.47. The topological polar surface area (TPSA) is 49.6 Å². The SMILES string of the molecule is CCCCCN1CCN(CCC)Cc2cc([N+](=O)[O-])ccc21. The summed E-state index contributed by atoms with van der Waals surface area (Å²) < 4.78 is 0. The summed E-state index contributed by atoms with van der Waals surface area (Å²) in [7, 11) is 0. The van der Waals surface area contributed by atoms with Crippen LogP contribution in [0.2, 0.25) is 0 Å². The predicted molar refractivity (Wildman–Crippen MR) is 90.4 cm³/mol. The Morgan fingerprint density at radius 2 is 1.95 bits per heavy atom. The van der Waals surface area contributed by atoms with Gasteiger partial charge < -0.3 is 4.90 Å². The normalized spacial score (nSPS) is 15.5. The van der Waals surface area contributed by atoms with Crippen LogP contribution in [0.1, 0.15) is 45.1 Å². The molecule has 0 saturated carbocycles. The van der Waals surface area contributed by atoms with E-state index in [4.69, 9.17) is 0 Å². The van der Waals surface area contributed by atoms with E-state index in [-0.39, 0.29) is 10.6 Å². The molecular formula is C17H27N3O2. The van der Waals surface area contributed by atoms with Crippen LogP contribution in [-0.2, 0) is 6.54 Å². The molecule has 0 unspecified atom stereocenters. The Morgan fingerprint density at radius 3 is 2.64 bits per heavy atom. The molecule has 0 radical (unpaired) electrons. The van der Waals surface area contributed by atoms with Crippen LogP contribution < -0.4 is 4.90 Å². The molecule has 0 atom stereocenters. The van der Waals surface area contributed by atoms with Crippen molar-refractivity contribution in [3.8, 4) is 0 Å². The van der Waals surface area contributed by atoms with Gasteiger partial charge in [0, 0.05) is 44.0 Å². The highest BCUT2D eigenvalue weighted by Gasteiger charge is 2.21. The molecule has 1 aliphatic rings. The number of benzene rings is 1. The van der Waals surface area contributed by atoms with Crippen molar-refractivity contribution >= 4 is 11.4 Å². The molecule has 0 spiro atoms. The molecule has 0 fully saturated rings. The van der Waals surface area contributed by atoms with Crippen molar-refractivity contribution < 1.29 is 4.92 Å². The molecule has 122 valence electrons. The average Bonchev–Trinajstić information content (AvgIpc) is 2.67. The highest BCUT2D eigenvalue weighted by Crippen LogP contribution is 2.29. The van der Waals surface area contributed by atoms with Gasteiger partial charge in [-0.15, -0.1) is 0 Å². The first-order valence-electron chi connectivity index (χ1n) is 8.40. The number of unbranched alkanes of at least 4 members (excludes halogenated alkanes) is 2. The van der Waals surface area contributed by atoms with Crippen molar-refractivity contribution in [1.82, 2.24) is 4.90 Å². The van der Waals surface area contributed by atoms with E-state index < -0.39 is 0 Å². The minimum atomic E-state index is -0.295. The van der Waals surface area contributed by atoms with Gasteiger partial charge in [-0.1, -0.05) is 26.7 Å². The molecule has 5 heteroatoms. The van der Waals surface area contributed by atoms with Crippen LogP contribution in [0, 0.1) is 10.1 Å². The molecule has 5 nitrogen and oxygen atoms in total. The summed E-state index contributed by atoms with van der Waals surface area (Å²) in [6.07, 6.45) is 4.74. The molecule has 0 aromatic heterocycles. The van der Waals surface area contributed by atoms with Crippen LogP contribution in [0.25, 0.3) is 0 Å². The number of hydrogen-bond donors (Lipinski definition) is 0. The fraction of sp³-hybridized carbons (Fsp3) is 0.647. The van der Waals surface area contributed by atoms with Crippen LogP contribution in [-0.4, -0.2) is 36.0 Å². The second-order valence-corrected chi connectivity index (χ2v) is 6.04. The van der Waals surface area contributed by atoms with E-state index in [1.807, 2.05) is 6.07 Å². The maximum Gasteiger partial charge on any atom is 0.269 e. The smallest absolute Gasteiger partial charge is 0.269 e. The Bertz CT molecular complexity index is 505. The maximum absolute atomic E-state index is 11.1. The lowest BCUT2D eigenvalue weighted by molar-refractivity contribution is -0.384. The van der Waals surface area contributed by atoms with Crippen LogP contribution in [0.3, 0.4) is 0 Å². The zero-order chi connectivity index (χ0) is 15.9. The molecular weight excluding hydrogens is 278 g/mol. The standard InChI is InChI=1S/C17H27N3O2/c1-3-5-6-10-19-12-11-18(9-4-2)14-15-13-16(20(21)22)7-8-17(15)19/h7-8,13H,3-6,9-12,14H2,1-2H3. The molecule has 1 aromatic rings. The third-order valence-corrected chi connectivity index (χ3v) is 4.27. The third-order valence-electron chi connectivity index (χ3n) is 4.27. The molecule has 0 N–H and O–H groups in total. The molecule has 1 heterocycles. The van der Waals surface area contributed by atoms with Gasteiger partial charge in [-0.25, -0.2) is 0 Å². The Balaban J connectivity index is 2.24. The lowest BCUT2D eigenvalue weighted by Crippen LogP contribution is -2.32. The molecule has 0 amide bonds. The molecule has 1 aliphatic heterocycles. The summed E-state index contributed by atoms with van der Waals surface area (Å²) in [4.78, 5) is 15.6. The number of fused-ring (bicyclic) bond motifs is 1. The highest BCUT2D eigenvalue weighted by molar-refractivity contribution is 5.58. The Labute approximate surface area is 133 Å². The summed E-state index contributed by atoms with van der Waals surface area (Å²) in [5, 5.41) is 11.1. The molecule has 2 rings (SSSR count). The maximum atomic E-state index is 11.1. The lowest BCUT2D eigenvalue weighted by atomic mass is 10.1. The Hall–Kier alpha value is -1.62. The van der Waals surface area contributed by atoms with Gasteiger partial charge in [0.05, 0.1) is 4.92 Å². The zero-order valence-electron chi connectivity index (χ0n) is 13.8. The van der Waals surface area contributed by atoms with E-state index in [9.17, 15) is 10.1 Å². The van der Waals surface area contributed by atoms with Crippen molar-refractivity contribution in [2.45, 2.75) is 46.1 Å². The molecule has 0 bridgehead atoms. The van der Waals surface area contributed by atoms with E-state index >= 15 is 0 Å². The number of rotatable bonds is 7. The fourth-order valence-corrected chi connectivity index (χ4v) is 3.12. The number of hydrogen-bond acceptors (Lipinski definition) is 4. The monoisotopic (exact) mass is 305 g/mol. The van der Waals surface area contributed by atoms with Gasteiger partial charge >= 0.3 is 0 Å². The Morgan fingerprint density at radius 1 is 1.14 bits per heavy atom. The van der Waals surface area contributed by atoms with E-state index in [2.05, 4.69) is 23.6 Å². The number of nitro groups is 1. The number of anilines is 1. The highest BCUT2D eigenvalue weighted by atomic mass is 16.6. The van der Waals surface area contributed by atoms with E-state index in [1.54, 1.807) is 12.1 Å². The van der Waals surface area contributed by atoms with Gasteiger partial charge in [-0.05, 0) is 31.0 Å². The Kier molecular flexibility index (Phi) is 6.19. The largest absolute Gasteiger partial charge is 0.370 e.